The predicted octanol–water partition coefficient (Wildman–Crippen LogP) is 5.41. The van der Waals surface area contributed by atoms with E-state index < -0.39 is 112 Å². The second-order valence-corrected chi connectivity index (χ2v) is 12.5. The monoisotopic (exact) mass is 733 g/mol. The minimum absolute atomic E-state index is 0.0348. The molecule has 4 N–H and O–H groups in total. The van der Waals surface area contributed by atoms with Gasteiger partial charge in [0.15, 0.2) is 0 Å². The summed E-state index contributed by atoms with van der Waals surface area (Å²) in [7, 11) is 0. The van der Waals surface area contributed by atoms with Crippen LogP contribution in [0.2, 0.25) is 5.02 Å². The van der Waals surface area contributed by atoms with Gasteiger partial charge in [0.05, 0.1) is 17.3 Å². The third kappa shape index (κ3) is 5.93. The Kier molecular flexibility index (Phi) is 8.41. The number of pyridine rings is 1. The summed E-state index contributed by atoms with van der Waals surface area (Å²) < 4.78 is 126. The summed E-state index contributed by atoms with van der Waals surface area (Å²) in [6.07, 6.45) is -7.18. The Morgan fingerprint density at radius 1 is 1.16 bits per heavy atom. The van der Waals surface area contributed by atoms with Crippen molar-refractivity contribution in [2.45, 2.75) is 49.2 Å². The van der Waals surface area contributed by atoms with Gasteiger partial charge in [-0.1, -0.05) is 11.6 Å². The summed E-state index contributed by atoms with van der Waals surface area (Å²) in [6, 6.07) is 3.74. The van der Waals surface area contributed by atoms with Crippen LogP contribution in [0.3, 0.4) is 0 Å². The maximum absolute atomic E-state index is 15.0. The standard InChI is InChI=1S/C31H24ClF8N5O5/c1-28(27(41)47)12-50-25-16(28)7-21(43-24(25)15-6-17(32)19(34)8-18(15)33)30(48,31(38,39)40)11-42-26(46)13-4-14-9-45(29(37)2-3-29)44-23(14)20(5-13)49-10-22(35)36/h4-9,22,48H,2-3,10-12H2,1H3,(H2,41,47)(H,42,46)/t28-,30?/m0/s1. The number of benzene rings is 2. The third-order valence-electron chi connectivity index (χ3n) is 8.55. The Morgan fingerprint density at radius 3 is 2.48 bits per heavy atom. The number of hydrogen-bond acceptors (Lipinski definition) is 7. The first-order valence-electron chi connectivity index (χ1n) is 14.6. The molecule has 1 unspecified atom stereocenters. The van der Waals surface area contributed by atoms with E-state index in [1.54, 1.807) is 0 Å². The lowest BCUT2D eigenvalue weighted by atomic mass is 9.81. The molecular formula is C31H24ClF8N5O5. The SMILES string of the molecule is C[C@]1(C(N)=O)COc2c1cc(C(O)(CNC(=O)c1cc(OCC(F)F)c3nn(C4(F)CC4)cc3c1)C(F)(F)F)nc2-c1cc(Cl)c(F)cc1F. The number of rotatable bonds is 10. The molecule has 50 heavy (non-hydrogen) atoms. The van der Waals surface area contributed by atoms with Crippen LogP contribution in [-0.2, 0) is 21.6 Å². The zero-order chi connectivity index (χ0) is 36.6. The predicted molar refractivity (Wildman–Crippen MR) is 158 cm³/mol. The van der Waals surface area contributed by atoms with E-state index in [1.807, 2.05) is 5.32 Å². The van der Waals surface area contributed by atoms with Crippen molar-refractivity contribution in [3.63, 3.8) is 0 Å². The lowest BCUT2D eigenvalue weighted by Gasteiger charge is -2.31. The maximum Gasteiger partial charge on any atom is 0.424 e. The number of aliphatic hydroxyl groups is 1. The van der Waals surface area contributed by atoms with Crippen LogP contribution >= 0.6 is 11.6 Å². The molecule has 266 valence electrons. The van der Waals surface area contributed by atoms with Crippen LogP contribution in [0.1, 0.15) is 41.4 Å². The maximum atomic E-state index is 15.0. The highest BCUT2D eigenvalue weighted by Gasteiger charge is 2.58. The van der Waals surface area contributed by atoms with Crippen LogP contribution in [0, 0.1) is 11.6 Å². The summed E-state index contributed by atoms with van der Waals surface area (Å²) in [5.74, 6) is -7.50. The van der Waals surface area contributed by atoms with Crippen LogP contribution in [0.25, 0.3) is 22.2 Å². The number of carbonyl (C=O) groups is 2. The zero-order valence-electron chi connectivity index (χ0n) is 25.5. The van der Waals surface area contributed by atoms with Gasteiger partial charge in [-0.15, -0.1) is 0 Å². The van der Waals surface area contributed by atoms with Crippen molar-refractivity contribution >= 4 is 34.3 Å². The van der Waals surface area contributed by atoms with Gasteiger partial charge >= 0.3 is 6.18 Å². The van der Waals surface area contributed by atoms with Crippen molar-refractivity contribution in [1.82, 2.24) is 20.1 Å². The molecule has 3 heterocycles. The fourth-order valence-corrected chi connectivity index (χ4v) is 5.53. The van der Waals surface area contributed by atoms with Gasteiger partial charge in [0, 0.05) is 47.2 Å². The highest BCUT2D eigenvalue weighted by atomic mass is 35.5. The Balaban J connectivity index is 1.42. The summed E-state index contributed by atoms with van der Waals surface area (Å²) in [6.45, 7) is -2.09. The summed E-state index contributed by atoms with van der Waals surface area (Å²) in [5, 5.41) is 16.6. The topological polar surface area (TPSA) is 142 Å². The first-order valence-corrected chi connectivity index (χ1v) is 15.0. The molecule has 1 aliphatic heterocycles. The molecule has 2 aromatic heterocycles. The minimum Gasteiger partial charge on any atom is -0.489 e. The fourth-order valence-electron chi connectivity index (χ4n) is 5.37. The molecule has 0 spiro atoms. The minimum atomic E-state index is -5.61. The number of nitrogens with zero attached hydrogens (tertiary/aromatic N) is 3. The van der Waals surface area contributed by atoms with Crippen molar-refractivity contribution < 1.29 is 59.3 Å². The number of alkyl halides is 6. The smallest absolute Gasteiger partial charge is 0.424 e. The summed E-state index contributed by atoms with van der Waals surface area (Å²) in [4.78, 5) is 29.6. The van der Waals surface area contributed by atoms with E-state index in [2.05, 4.69) is 10.1 Å². The molecule has 0 bridgehead atoms. The highest BCUT2D eigenvalue weighted by molar-refractivity contribution is 6.31. The van der Waals surface area contributed by atoms with E-state index in [9.17, 15) is 45.4 Å². The number of aromatic nitrogens is 3. The molecule has 1 saturated carbocycles. The van der Waals surface area contributed by atoms with Gasteiger partial charge < -0.3 is 25.6 Å². The molecular weight excluding hydrogens is 710 g/mol. The second kappa shape index (κ2) is 12.0. The quantitative estimate of drug-likeness (QED) is 0.146. The van der Waals surface area contributed by atoms with Crippen LogP contribution in [-0.4, -0.2) is 64.0 Å². The largest absolute Gasteiger partial charge is 0.489 e. The molecule has 2 atom stereocenters. The van der Waals surface area contributed by atoms with E-state index >= 15 is 4.39 Å². The van der Waals surface area contributed by atoms with Gasteiger partial charge in [-0.05, 0) is 31.2 Å². The van der Waals surface area contributed by atoms with Crippen molar-refractivity contribution in [3.05, 3.63) is 70.0 Å². The molecule has 0 saturated heterocycles. The van der Waals surface area contributed by atoms with E-state index in [0.717, 1.165) is 22.9 Å². The van der Waals surface area contributed by atoms with Crippen molar-refractivity contribution in [2.75, 3.05) is 19.8 Å². The number of primary amides is 1. The van der Waals surface area contributed by atoms with E-state index in [-0.39, 0.29) is 29.3 Å². The van der Waals surface area contributed by atoms with Gasteiger partial charge in [-0.2, -0.15) is 18.3 Å². The lowest BCUT2D eigenvalue weighted by Crippen LogP contribution is -2.51. The number of nitrogens with one attached hydrogen (secondary N) is 1. The molecule has 4 aromatic rings. The van der Waals surface area contributed by atoms with Crippen molar-refractivity contribution in [2.24, 2.45) is 5.73 Å². The number of carbonyl (C=O) groups excluding carboxylic acids is 2. The summed E-state index contributed by atoms with van der Waals surface area (Å²) >= 11 is 5.82. The normalized spacial score (nSPS) is 19.2. The first kappa shape index (κ1) is 35.1. The van der Waals surface area contributed by atoms with Crippen molar-refractivity contribution in [3.8, 4) is 22.8 Å². The van der Waals surface area contributed by atoms with Crippen LogP contribution in [0.5, 0.6) is 11.5 Å². The second-order valence-electron chi connectivity index (χ2n) is 12.1. The average molecular weight is 734 g/mol. The van der Waals surface area contributed by atoms with Crippen LogP contribution < -0.4 is 20.5 Å². The first-order chi connectivity index (χ1) is 23.3. The molecule has 10 nitrogen and oxygen atoms in total. The van der Waals surface area contributed by atoms with Crippen LogP contribution in [0.4, 0.5) is 35.1 Å². The Morgan fingerprint density at radius 2 is 1.86 bits per heavy atom. The van der Waals surface area contributed by atoms with Gasteiger partial charge in [-0.25, -0.2) is 31.6 Å². The number of halogens is 9. The number of fused-ring (bicyclic) bond motifs is 2. The van der Waals surface area contributed by atoms with Gasteiger partial charge in [0.25, 0.3) is 12.3 Å². The Labute approximate surface area is 281 Å². The Hall–Kier alpha value is -4.71. The summed E-state index contributed by atoms with van der Waals surface area (Å²) in [5.41, 5.74) is -3.78. The third-order valence-corrected chi connectivity index (χ3v) is 8.84. The number of amides is 2. The number of ether oxygens (including phenoxy) is 2. The average Bonchev–Trinajstić information content (AvgIpc) is 3.47. The molecule has 2 aliphatic rings. The molecule has 2 aromatic carbocycles. The molecule has 6 rings (SSSR count). The molecule has 2 amide bonds. The van der Waals surface area contributed by atoms with Gasteiger partial charge in [0.1, 0.15) is 53.0 Å². The highest BCUT2D eigenvalue weighted by Crippen LogP contribution is 2.49. The van der Waals surface area contributed by atoms with E-state index in [0.29, 0.717) is 12.1 Å². The molecule has 0 radical (unpaired) electrons. The zero-order valence-corrected chi connectivity index (χ0v) is 26.2. The van der Waals surface area contributed by atoms with E-state index in [1.165, 1.54) is 13.1 Å². The molecule has 1 fully saturated rings. The Bertz CT molecular complexity index is 2060. The van der Waals surface area contributed by atoms with E-state index in [4.69, 9.17) is 26.8 Å². The lowest BCUT2D eigenvalue weighted by molar-refractivity contribution is -0.265. The van der Waals surface area contributed by atoms with Gasteiger partial charge in [-0.3, -0.25) is 9.59 Å². The fraction of sp³-hybridized carbons (Fsp3) is 0.355. The van der Waals surface area contributed by atoms with Gasteiger partial charge in [0.2, 0.25) is 17.3 Å². The number of hydrogen-bond donors (Lipinski definition) is 3. The van der Waals surface area contributed by atoms with Crippen molar-refractivity contribution in [1.29, 1.82) is 0 Å². The van der Waals surface area contributed by atoms with Crippen LogP contribution in [0.15, 0.2) is 36.5 Å². The molecule has 19 heteroatoms. The number of nitrogens with two attached hydrogens (primary N) is 1. The molecule has 1 aliphatic carbocycles.